The molecule has 3 atom stereocenters. The number of benzene rings is 3. The second-order valence-electron chi connectivity index (χ2n) is 7.47. The first-order valence-corrected chi connectivity index (χ1v) is 9.75. The van der Waals surface area contributed by atoms with Gasteiger partial charge in [0.2, 0.25) is 5.91 Å². The zero-order chi connectivity index (χ0) is 21.3. The van der Waals surface area contributed by atoms with Gasteiger partial charge in [-0.1, -0.05) is 24.3 Å². The van der Waals surface area contributed by atoms with E-state index in [4.69, 9.17) is 0 Å². The van der Waals surface area contributed by atoms with E-state index < -0.39 is 6.10 Å². The van der Waals surface area contributed by atoms with Crippen molar-refractivity contribution in [2.45, 2.75) is 25.0 Å². The molecule has 1 fully saturated rings. The SMILES string of the molecule is O=C1[C@H](CCC(O)c2ccc(F)cc2)[C@@H](c2ccc(O)cc2)N1c1ccc(F)cc1. The number of anilines is 1. The maximum absolute atomic E-state index is 13.3. The molecule has 0 bridgehead atoms. The van der Waals surface area contributed by atoms with E-state index in [9.17, 15) is 23.8 Å². The van der Waals surface area contributed by atoms with E-state index in [2.05, 4.69) is 0 Å². The van der Waals surface area contributed by atoms with Crippen molar-refractivity contribution in [3.8, 4) is 5.75 Å². The molecule has 1 aliphatic heterocycles. The predicted octanol–water partition coefficient (Wildman–Crippen LogP) is 4.89. The Morgan fingerprint density at radius 1 is 0.867 bits per heavy atom. The van der Waals surface area contributed by atoms with Gasteiger partial charge in [0.25, 0.3) is 0 Å². The van der Waals surface area contributed by atoms with E-state index in [0.29, 0.717) is 24.1 Å². The van der Waals surface area contributed by atoms with Crippen molar-refractivity contribution in [3.05, 3.63) is 95.6 Å². The summed E-state index contributed by atoms with van der Waals surface area (Å²) in [6.45, 7) is 0. The van der Waals surface area contributed by atoms with Gasteiger partial charge in [0.05, 0.1) is 18.1 Å². The number of amides is 1. The van der Waals surface area contributed by atoms with Gasteiger partial charge in [-0.25, -0.2) is 8.78 Å². The standard InChI is InChI=1S/C24H21F2NO3/c25-17-5-1-15(2-6-17)22(29)14-13-21-23(16-3-11-20(28)12-4-16)27(24(21)30)19-9-7-18(26)8-10-19/h1-12,21-23,28-29H,13-14H2/t21-,22?,23-/m1/s1. The van der Waals surface area contributed by atoms with Crippen molar-refractivity contribution in [3.63, 3.8) is 0 Å². The van der Waals surface area contributed by atoms with Crippen molar-refractivity contribution in [2.24, 2.45) is 5.92 Å². The molecule has 1 unspecified atom stereocenters. The van der Waals surface area contributed by atoms with Crippen LogP contribution in [0.2, 0.25) is 0 Å². The van der Waals surface area contributed by atoms with Gasteiger partial charge in [0.1, 0.15) is 17.4 Å². The Morgan fingerprint density at radius 3 is 2.03 bits per heavy atom. The first-order chi connectivity index (χ1) is 14.4. The topological polar surface area (TPSA) is 60.8 Å². The molecule has 0 aromatic heterocycles. The highest BCUT2D eigenvalue weighted by Gasteiger charge is 2.48. The smallest absolute Gasteiger partial charge is 0.233 e. The minimum atomic E-state index is -0.807. The average molecular weight is 409 g/mol. The average Bonchev–Trinajstić information content (AvgIpc) is 2.74. The fraction of sp³-hybridized carbons (Fsp3) is 0.208. The van der Waals surface area contributed by atoms with E-state index >= 15 is 0 Å². The largest absolute Gasteiger partial charge is 0.508 e. The van der Waals surface area contributed by atoms with Gasteiger partial charge in [0.15, 0.2) is 0 Å². The fourth-order valence-corrected chi connectivity index (χ4v) is 3.96. The molecule has 0 saturated carbocycles. The van der Waals surface area contributed by atoms with Gasteiger partial charge in [0, 0.05) is 5.69 Å². The summed E-state index contributed by atoms with van der Waals surface area (Å²) in [7, 11) is 0. The predicted molar refractivity (Wildman–Crippen MR) is 109 cm³/mol. The van der Waals surface area contributed by atoms with Crippen LogP contribution in [0.3, 0.4) is 0 Å². The van der Waals surface area contributed by atoms with Gasteiger partial charge in [-0.2, -0.15) is 0 Å². The molecule has 0 aliphatic carbocycles. The third kappa shape index (κ3) is 3.91. The van der Waals surface area contributed by atoms with Crippen LogP contribution in [0.25, 0.3) is 0 Å². The maximum atomic E-state index is 13.3. The summed E-state index contributed by atoms with van der Waals surface area (Å²) in [5, 5.41) is 20.1. The lowest BCUT2D eigenvalue weighted by atomic mass is 9.78. The van der Waals surface area contributed by atoms with Crippen LogP contribution in [0.5, 0.6) is 5.75 Å². The number of carbonyl (C=O) groups is 1. The van der Waals surface area contributed by atoms with Crippen LogP contribution in [0.4, 0.5) is 14.5 Å². The summed E-state index contributed by atoms with van der Waals surface area (Å²) in [6, 6.07) is 17.7. The first kappa shape index (κ1) is 20.0. The minimum Gasteiger partial charge on any atom is -0.508 e. The number of hydrogen-bond acceptors (Lipinski definition) is 3. The Bertz CT molecular complexity index is 1020. The van der Waals surface area contributed by atoms with E-state index in [1.54, 1.807) is 41.3 Å². The van der Waals surface area contributed by atoms with Crippen LogP contribution in [0.15, 0.2) is 72.8 Å². The zero-order valence-electron chi connectivity index (χ0n) is 16.1. The summed E-state index contributed by atoms with van der Waals surface area (Å²) in [5.74, 6) is -1.10. The van der Waals surface area contributed by atoms with Crippen LogP contribution in [-0.2, 0) is 4.79 Å². The van der Waals surface area contributed by atoms with Gasteiger partial charge in [-0.15, -0.1) is 0 Å². The summed E-state index contributed by atoms with van der Waals surface area (Å²) in [5.41, 5.74) is 2.03. The lowest BCUT2D eigenvalue weighted by molar-refractivity contribution is -0.131. The maximum Gasteiger partial charge on any atom is 0.233 e. The number of hydrogen-bond donors (Lipinski definition) is 2. The van der Waals surface area contributed by atoms with Gasteiger partial charge in [-0.3, -0.25) is 4.79 Å². The number of aliphatic hydroxyl groups excluding tert-OH is 1. The number of rotatable bonds is 6. The van der Waals surface area contributed by atoms with Crippen molar-refractivity contribution in [1.29, 1.82) is 0 Å². The molecule has 3 aromatic carbocycles. The summed E-state index contributed by atoms with van der Waals surface area (Å²) >= 11 is 0. The fourth-order valence-electron chi connectivity index (χ4n) is 3.96. The molecular weight excluding hydrogens is 388 g/mol. The number of phenolic OH excluding ortho intramolecular Hbond substituents is 1. The molecular formula is C24H21F2NO3. The highest BCUT2D eigenvalue weighted by atomic mass is 19.1. The molecule has 0 spiro atoms. The molecule has 154 valence electrons. The second-order valence-corrected chi connectivity index (χ2v) is 7.47. The Kier molecular flexibility index (Phi) is 5.50. The van der Waals surface area contributed by atoms with Gasteiger partial charge >= 0.3 is 0 Å². The number of halogens is 2. The Hall–Kier alpha value is -3.25. The number of aliphatic hydroxyl groups is 1. The Balaban J connectivity index is 1.55. The molecule has 1 saturated heterocycles. The number of phenols is 1. The van der Waals surface area contributed by atoms with Crippen LogP contribution in [0.1, 0.15) is 36.1 Å². The summed E-state index contributed by atoms with van der Waals surface area (Å²) in [6.07, 6.45) is -0.0344. The van der Waals surface area contributed by atoms with Crippen LogP contribution < -0.4 is 4.90 Å². The third-order valence-corrected chi connectivity index (χ3v) is 5.56. The molecule has 30 heavy (non-hydrogen) atoms. The quantitative estimate of drug-likeness (QED) is 0.570. The molecule has 1 amide bonds. The van der Waals surface area contributed by atoms with Gasteiger partial charge in [-0.05, 0) is 72.5 Å². The third-order valence-electron chi connectivity index (χ3n) is 5.56. The highest BCUT2D eigenvalue weighted by Crippen LogP contribution is 2.46. The lowest BCUT2D eigenvalue weighted by Crippen LogP contribution is -2.55. The van der Waals surface area contributed by atoms with Gasteiger partial charge < -0.3 is 15.1 Å². The Morgan fingerprint density at radius 2 is 1.43 bits per heavy atom. The molecule has 2 N–H and O–H groups in total. The molecule has 3 aromatic rings. The normalized spacial score (nSPS) is 19.4. The van der Waals surface area contributed by atoms with E-state index in [1.165, 1.54) is 36.4 Å². The molecule has 4 rings (SSSR count). The molecule has 1 aliphatic rings. The summed E-state index contributed by atoms with van der Waals surface area (Å²) in [4.78, 5) is 14.6. The number of carbonyl (C=O) groups excluding carboxylic acids is 1. The van der Waals surface area contributed by atoms with E-state index in [1.807, 2.05) is 0 Å². The molecule has 0 radical (unpaired) electrons. The first-order valence-electron chi connectivity index (χ1n) is 9.75. The van der Waals surface area contributed by atoms with Crippen LogP contribution in [0, 0.1) is 17.6 Å². The Labute approximate surface area is 173 Å². The number of aromatic hydroxyl groups is 1. The zero-order valence-corrected chi connectivity index (χ0v) is 16.1. The summed E-state index contributed by atoms with van der Waals surface area (Å²) < 4.78 is 26.4. The van der Waals surface area contributed by atoms with E-state index in [0.717, 1.165) is 5.56 Å². The monoisotopic (exact) mass is 409 g/mol. The second kappa shape index (κ2) is 8.24. The van der Waals surface area contributed by atoms with Crippen LogP contribution >= 0.6 is 0 Å². The highest BCUT2D eigenvalue weighted by molar-refractivity contribution is 6.03. The molecule has 1 heterocycles. The minimum absolute atomic E-state index is 0.106. The molecule has 4 nitrogen and oxygen atoms in total. The van der Waals surface area contributed by atoms with E-state index in [-0.39, 0.29) is 35.3 Å². The molecule has 6 heteroatoms. The van der Waals surface area contributed by atoms with Crippen molar-refractivity contribution in [1.82, 2.24) is 0 Å². The van der Waals surface area contributed by atoms with Crippen molar-refractivity contribution in [2.75, 3.05) is 4.90 Å². The van der Waals surface area contributed by atoms with Crippen molar-refractivity contribution < 1.29 is 23.8 Å². The number of β-lactam (4-membered cyclic amide) rings is 1. The van der Waals surface area contributed by atoms with Crippen LogP contribution in [-0.4, -0.2) is 16.1 Å². The van der Waals surface area contributed by atoms with Crippen molar-refractivity contribution >= 4 is 11.6 Å². The number of nitrogens with zero attached hydrogens (tertiary/aromatic N) is 1. The lowest BCUT2D eigenvalue weighted by Gasteiger charge is -2.48.